The molecule has 0 radical (unpaired) electrons. The van der Waals surface area contributed by atoms with E-state index in [0.717, 1.165) is 49.2 Å². The van der Waals surface area contributed by atoms with Crippen molar-refractivity contribution >= 4 is 34.2 Å². The number of piperidine rings is 1. The van der Waals surface area contributed by atoms with Crippen molar-refractivity contribution in [1.82, 2.24) is 10.2 Å². The lowest BCUT2D eigenvalue weighted by Gasteiger charge is -2.30. The molecule has 1 unspecified atom stereocenters. The normalized spacial score (nSPS) is 23.0. The highest BCUT2D eigenvalue weighted by atomic mass is 16.5. The molecule has 1 atom stereocenters. The number of nitrogens with one attached hydrogen (secondary N) is 1. The van der Waals surface area contributed by atoms with Crippen LogP contribution in [0.1, 0.15) is 41.3 Å². The van der Waals surface area contributed by atoms with E-state index in [4.69, 9.17) is 6.11 Å². The number of imide groups is 1. The van der Waals surface area contributed by atoms with E-state index in [1.54, 1.807) is 6.07 Å². The maximum Gasteiger partial charge on any atom is 0.259 e. The Hall–Kier alpha value is -3.55. The Kier molecular flexibility index (Phi) is 5.29. The zero-order valence-corrected chi connectivity index (χ0v) is 19.4. The molecular formula is C28H27N3O4. The zero-order valence-electron chi connectivity index (χ0n) is 20.4. The third kappa shape index (κ3) is 4.00. The van der Waals surface area contributed by atoms with E-state index in [9.17, 15) is 14.4 Å². The molecule has 0 saturated carbocycles. The Morgan fingerprint density at radius 3 is 2.51 bits per heavy atom. The molecule has 2 fully saturated rings. The number of amides is 3. The zero-order chi connectivity index (χ0) is 24.9. The Bertz CT molecular complexity index is 1380. The molecule has 7 nitrogen and oxygen atoms in total. The molecule has 3 aliphatic heterocycles. The van der Waals surface area contributed by atoms with Gasteiger partial charge < -0.3 is 4.74 Å². The fourth-order valence-electron chi connectivity index (χ4n) is 5.29. The summed E-state index contributed by atoms with van der Waals surface area (Å²) in [6, 6.07) is 16.2. The molecule has 7 heteroatoms. The number of ether oxygens (including phenoxy) is 1. The van der Waals surface area contributed by atoms with Crippen molar-refractivity contribution in [1.29, 1.82) is 0 Å². The highest BCUT2D eigenvalue weighted by Gasteiger charge is 2.40. The third-order valence-corrected chi connectivity index (χ3v) is 7.08. The van der Waals surface area contributed by atoms with Gasteiger partial charge in [0.25, 0.3) is 5.91 Å². The van der Waals surface area contributed by atoms with Crippen LogP contribution >= 0.6 is 0 Å². The largest absolute Gasteiger partial charge is 0.379 e. The molecule has 178 valence electrons. The van der Waals surface area contributed by atoms with Gasteiger partial charge in [0.15, 0.2) is 0 Å². The molecule has 1 N–H and O–H groups in total. The number of hydrogen-bond acceptors (Lipinski definition) is 5. The molecular weight excluding hydrogens is 442 g/mol. The standard InChI is InChI=1S/C28H27N3O4/c32-25-11-10-24(27(33)29-25)31-23-9-8-20(21-2-1-3-22(26(21)23)28(31)34)16-18-4-6-19(7-5-18)17-30-12-14-35-15-13-30/h1-9,24H,10-17H2,(H,29,32,33)/i24D. The Labute approximate surface area is 205 Å². The van der Waals surface area contributed by atoms with Crippen LogP contribution in [-0.2, 0) is 27.3 Å². The lowest BCUT2D eigenvalue weighted by molar-refractivity contribution is -0.134. The van der Waals surface area contributed by atoms with E-state index >= 15 is 0 Å². The first-order chi connectivity index (χ1) is 17.4. The third-order valence-electron chi connectivity index (χ3n) is 7.08. The van der Waals surface area contributed by atoms with Crippen molar-refractivity contribution < 1.29 is 20.5 Å². The molecule has 35 heavy (non-hydrogen) atoms. The van der Waals surface area contributed by atoms with Crippen molar-refractivity contribution in [3.63, 3.8) is 0 Å². The lowest BCUT2D eigenvalue weighted by atomic mass is 9.95. The average Bonchev–Trinajstić information content (AvgIpc) is 3.18. The Morgan fingerprint density at radius 2 is 1.74 bits per heavy atom. The number of carbonyl (C=O) groups excluding carboxylic acids is 3. The predicted molar refractivity (Wildman–Crippen MR) is 132 cm³/mol. The number of anilines is 1. The SMILES string of the molecule is [2H]C1(N2C(=O)c3cccc4c(Cc5ccc(CN6CCOCC6)cc5)ccc2c34)CCC(=O)NC1=O. The van der Waals surface area contributed by atoms with Gasteiger partial charge in [-0.25, -0.2) is 0 Å². The van der Waals surface area contributed by atoms with E-state index in [2.05, 4.69) is 34.5 Å². The van der Waals surface area contributed by atoms with Gasteiger partial charge in [0, 0.05) is 37.0 Å². The summed E-state index contributed by atoms with van der Waals surface area (Å²) in [7, 11) is 0. The number of carbonyl (C=O) groups is 3. The van der Waals surface area contributed by atoms with Crippen molar-refractivity contribution in [2.24, 2.45) is 0 Å². The fraction of sp³-hybridized carbons (Fsp3) is 0.321. The molecule has 6 rings (SSSR count). The maximum atomic E-state index is 13.4. The molecule has 0 spiro atoms. The van der Waals surface area contributed by atoms with Crippen LogP contribution in [0.2, 0.25) is 0 Å². The lowest BCUT2D eigenvalue weighted by Crippen LogP contribution is -2.53. The number of nitrogens with zero attached hydrogens (tertiary/aromatic N) is 2. The monoisotopic (exact) mass is 470 g/mol. The summed E-state index contributed by atoms with van der Waals surface area (Å²) in [6.45, 7) is 4.39. The summed E-state index contributed by atoms with van der Waals surface area (Å²) in [5, 5.41) is 3.94. The van der Waals surface area contributed by atoms with Crippen LogP contribution in [0, 0.1) is 0 Å². The number of hydrogen-bond donors (Lipinski definition) is 1. The molecule has 3 aromatic carbocycles. The van der Waals surface area contributed by atoms with E-state index in [-0.39, 0.29) is 18.7 Å². The summed E-state index contributed by atoms with van der Waals surface area (Å²) in [5.74, 6) is -1.54. The minimum atomic E-state index is -1.85. The van der Waals surface area contributed by atoms with Gasteiger partial charge >= 0.3 is 0 Å². The fourth-order valence-corrected chi connectivity index (χ4v) is 5.29. The van der Waals surface area contributed by atoms with Crippen LogP contribution in [0.25, 0.3) is 10.8 Å². The van der Waals surface area contributed by atoms with Gasteiger partial charge in [-0.1, -0.05) is 42.5 Å². The Morgan fingerprint density at radius 1 is 0.971 bits per heavy atom. The first kappa shape index (κ1) is 20.8. The van der Waals surface area contributed by atoms with Gasteiger partial charge in [-0.2, -0.15) is 0 Å². The average molecular weight is 471 g/mol. The van der Waals surface area contributed by atoms with Crippen LogP contribution in [-0.4, -0.2) is 54.9 Å². The molecule has 0 bridgehead atoms. The molecule has 0 aromatic heterocycles. The molecule has 3 aromatic rings. The highest BCUT2D eigenvalue weighted by Crippen LogP contribution is 2.41. The van der Waals surface area contributed by atoms with Crippen molar-refractivity contribution in [2.45, 2.75) is 31.8 Å². The second-order valence-corrected chi connectivity index (χ2v) is 9.32. The number of benzene rings is 3. The first-order valence-electron chi connectivity index (χ1n) is 12.6. The van der Waals surface area contributed by atoms with Crippen LogP contribution in [0.3, 0.4) is 0 Å². The smallest absolute Gasteiger partial charge is 0.259 e. The van der Waals surface area contributed by atoms with Gasteiger partial charge in [-0.3, -0.25) is 29.5 Å². The minimum absolute atomic E-state index is 0.0259. The predicted octanol–water partition coefficient (Wildman–Crippen LogP) is 3.03. The minimum Gasteiger partial charge on any atom is -0.379 e. The van der Waals surface area contributed by atoms with Crippen LogP contribution < -0.4 is 10.2 Å². The number of rotatable bonds is 5. The van der Waals surface area contributed by atoms with E-state index in [1.807, 2.05) is 24.3 Å². The maximum absolute atomic E-state index is 13.4. The van der Waals surface area contributed by atoms with Gasteiger partial charge in [0.05, 0.1) is 20.3 Å². The number of morpholine rings is 1. The van der Waals surface area contributed by atoms with Gasteiger partial charge in [0.2, 0.25) is 11.8 Å². The second-order valence-electron chi connectivity index (χ2n) is 9.32. The topological polar surface area (TPSA) is 79.0 Å². The summed E-state index contributed by atoms with van der Waals surface area (Å²) in [6.07, 6.45) is 0.697. The molecule has 3 amide bonds. The van der Waals surface area contributed by atoms with Gasteiger partial charge in [-0.15, -0.1) is 0 Å². The van der Waals surface area contributed by atoms with Crippen molar-refractivity contribution in [2.75, 3.05) is 31.2 Å². The van der Waals surface area contributed by atoms with Crippen LogP contribution in [0.4, 0.5) is 5.69 Å². The quantitative estimate of drug-likeness (QED) is 0.580. The molecule has 0 aliphatic carbocycles. The highest BCUT2D eigenvalue weighted by molar-refractivity contribution is 6.27. The Balaban J connectivity index is 1.29. The first-order valence-corrected chi connectivity index (χ1v) is 12.1. The summed E-state index contributed by atoms with van der Waals surface area (Å²) in [5.41, 5.74) is 4.56. The van der Waals surface area contributed by atoms with E-state index in [0.29, 0.717) is 17.7 Å². The van der Waals surface area contributed by atoms with E-state index in [1.165, 1.54) is 16.0 Å². The summed E-state index contributed by atoms with van der Waals surface area (Å²) >= 11 is 0. The molecule has 2 saturated heterocycles. The van der Waals surface area contributed by atoms with Crippen molar-refractivity contribution in [3.8, 4) is 0 Å². The second kappa shape index (κ2) is 8.91. The molecule has 3 aliphatic rings. The molecule has 3 heterocycles. The van der Waals surface area contributed by atoms with Crippen LogP contribution in [0.5, 0.6) is 0 Å². The van der Waals surface area contributed by atoms with Crippen molar-refractivity contribution in [3.05, 3.63) is 76.9 Å². The van der Waals surface area contributed by atoms with E-state index < -0.39 is 17.8 Å². The summed E-state index contributed by atoms with van der Waals surface area (Å²) < 4.78 is 14.3. The summed E-state index contributed by atoms with van der Waals surface area (Å²) in [4.78, 5) is 41.4. The van der Waals surface area contributed by atoms with Gasteiger partial charge in [-0.05, 0) is 47.1 Å². The van der Waals surface area contributed by atoms with Gasteiger partial charge in [0.1, 0.15) is 6.02 Å². The van der Waals surface area contributed by atoms with Crippen LogP contribution in [0.15, 0.2) is 54.6 Å².